The fourth-order valence-electron chi connectivity index (χ4n) is 5.40. The fourth-order valence-corrected chi connectivity index (χ4v) is 6.01. The van der Waals surface area contributed by atoms with Crippen LogP contribution < -0.4 is 10.6 Å². The summed E-state index contributed by atoms with van der Waals surface area (Å²) in [4.78, 5) is 24.8. The Morgan fingerprint density at radius 2 is 1.36 bits per heavy atom. The van der Waals surface area contributed by atoms with E-state index in [1.54, 1.807) is 35.0 Å². The van der Waals surface area contributed by atoms with Crippen molar-refractivity contribution in [3.63, 3.8) is 0 Å². The number of imide groups is 1. The van der Waals surface area contributed by atoms with E-state index in [1.165, 1.54) is 64.2 Å². The maximum atomic E-state index is 12.5. The van der Waals surface area contributed by atoms with Gasteiger partial charge < -0.3 is 5.11 Å². The molecule has 10 heteroatoms. The van der Waals surface area contributed by atoms with Gasteiger partial charge in [-0.05, 0) is 43.7 Å². The average Bonchev–Trinajstić information content (AvgIpc) is 3.35. The van der Waals surface area contributed by atoms with Gasteiger partial charge in [-0.15, -0.1) is 0 Å². The summed E-state index contributed by atoms with van der Waals surface area (Å²) in [6.45, 7) is 3.82. The van der Waals surface area contributed by atoms with Crippen LogP contribution in [0, 0.1) is 6.92 Å². The van der Waals surface area contributed by atoms with Crippen LogP contribution in [0.4, 0.5) is 0 Å². The Kier molecular flexibility index (Phi) is 16.4. The highest BCUT2D eigenvalue weighted by atomic mass is 35.5. The second-order valence-corrected chi connectivity index (χ2v) is 12.9. The van der Waals surface area contributed by atoms with E-state index in [0.717, 1.165) is 24.8 Å². The highest BCUT2D eigenvalue weighted by Gasteiger charge is 2.24. The first-order valence-electron chi connectivity index (χ1n) is 16.3. The Morgan fingerprint density at radius 3 is 1.93 bits per heavy atom. The molecule has 1 aromatic heterocycles. The Bertz CT molecular complexity index is 1360. The van der Waals surface area contributed by atoms with Gasteiger partial charge in [0.15, 0.2) is 6.23 Å². The standard InChI is InChI=1S/C35H47Cl3N4O3/c1-3-4-5-6-7-8-9-10-11-12-13-14-15-16-31(43)40-32(44)24-39-35(45)33-25(2)34(26-17-19-27(36)20-18-26)42(41-33)30-22-21-28(37)23-29(30)38/h17-23,35,39,45H,3-16,24H2,1-2H3,(H,40,43,44). The molecule has 3 rings (SSSR count). The van der Waals surface area contributed by atoms with Crippen molar-refractivity contribution in [3.8, 4) is 16.9 Å². The molecule has 0 radical (unpaired) electrons. The molecule has 0 saturated heterocycles. The minimum Gasteiger partial charge on any atom is -0.373 e. The number of aromatic nitrogens is 2. The quantitative estimate of drug-likeness (QED) is 0.0818. The molecule has 0 aliphatic heterocycles. The zero-order valence-corrected chi connectivity index (χ0v) is 28.8. The first-order chi connectivity index (χ1) is 21.7. The summed E-state index contributed by atoms with van der Waals surface area (Å²) in [6, 6.07) is 12.3. The second kappa shape index (κ2) is 20.0. The van der Waals surface area contributed by atoms with Crippen molar-refractivity contribution >= 4 is 46.6 Å². The normalized spacial score (nSPS) is 12.0. The summed E-state index contributed by atoms with van der Waals surface area (Å²) in [6.07, 6.45) is 15.0. The van der Waals surface area contributed by atoms with Gasteiger partial charge in [-0.2, -0.15) is 5.10 Å². The van der Waals surface area contributed by atoms with Gasteiger partial charge in [-0.3, -0.25) is 20.2 Å². The van der Waals surface area contributed by atoms with E-state index >= 15 is 0 Å². The second-order valence-electron chi connectivity index (χ2n) is 11.6. The molecular formula is C35H47Cl3N4O3. The van der Waals surface area contributed by atoms with Crippen LogP contribution in [0.15, 0.2) is 42.5 Å². The minimum atomic E-state index is -1.27. The summed E-state index contributed by atoms with van der Waals surface area (Å²) in [5, 5.41) is 22.3. The molecule has 0 aliphatic rings. The van der Waals surface area contributed by atoms with Gasteiger partial charge in [0.1, 0.15) is 5.69 Å². The van der Waals surface area contributed by atoms with Crippen LogP contribution in [-0.4, -0.2) is 33.2 Å². The van der Waals surface area contributed by atoms with E-state index in [0.29, 0.717) is 44.1 Å². The van der Waals surface area contributed by atoms with E-state index in [-0.39, 0.29) is 12.5 Å². The number of halogens is 3. The van der Waals surface area contributed by atoms with Gasteiger partial charge in [-0.25, -0.2) is 4.68 Å². The summed E-state index contributed by atoms with van der Waals surface area (Å²) in [5.41, 5.74) is 3.08. The van der Waals surface area contributed by atoms with Crippen molar-refractivity contribution < 1.29 is 14.7 Å². The molecule has 45 heavy (non-hydrogen) atoms. The van der Waals surface area contributed by atoms with E-state index in [1.807, 2.05) is 19.1 Å². The number of aliphatic hydroxyl groups is 1. The van der Waals surface area contributed by atoms with Crippen molar-refractivity contribution in [1.82, 2.24) is 20.4 Å². The topological polar surface area (TPSA) is 96.2 Å². The monoisotopic (exact) mass is 676 g/mol. The number of benzene rings is 2. The van der Waals surface area contributed by atoms with Crippen LogP contribution in [0.25, 0.3) is 16.9 Å². The number of hydrogen-bond acceptors (Lipinski definition) is 5. The van der Waals surface area contributed by atoms with Crippen molar-refractivity contribution in [1.29, 1.82) is 0 Å². The number of amides is 2. The van der Waals surface area contributed by atoms with Gasteiger partial charge in [0.05, 0.1) is 22.9 Å². The lowest BCUT2D eigenvalue weighted by molar-refractivity contribution is -0.130. The predicted molar refractivity (Wildman–Crippen MR) is 185 cm³/mol. The smallest absolute Gasteiger partial charge is 0.240 e. The molecule has 1 atom stereocenters. The maximum Gasteiger partial charge on any atom is 0.240 e. The Balaban J connectivity index is 1.44. The molecule has 2 aromatic carbocycles. The van der Waals surface area contributed by atoms with Gasteiger partial charge in [-0.1, -0.05) is 131 Å². The fraction of sp³-hybridized carbons (Fsp3) is 0.514. The molecule has 2 amide bonds. The Labute approximate surface area is 283 Å². The average molecular weight is 678 g/mol. The Hall–Kier alpha value is -2.42. The molecule has 0 bridgehead atoms. The van der Waals surface area contributed by atoms with Crippen molar-refractivity contribution in [2.45, 2.75) is 110 Å². The van der Waals surface area contributed by atoms with Crippen molar-refractivity contribution in [2.24, 2.45) is 0 Å². The molecule has 3 aromatic rings. The molecule has 7 nitrogen and oxygen atoms in total. The molecule has 0 fully saturated rings. The molecule has 1 heterocycles. The Morgan fingerprint density at radius 1 is 0.800 bits per heavy atom. The number of nitrogens with one attached hydrogen (secondary N) is 2. The van der Waals surface area contributed by atoms with Crippen LogP contribution in [-0.2, 0) is 9.59 Å². The molecule has 0 saturated carbocycles. The molecule has 0 aliphatic carbocycles. The third kappa shape index (κ3) is 12.4. The van der Waals surface area contributed by atoms with Crippen LogP contribution >= 0.6 is 34.8 Å². The summed E-state index contributed by atoms with van der Waals surface area (Å²) < 4.78 is 1.64. The number of unbranched alkanes of at least 4 members (excludes halogenated alkanes) is 12. The number of nitrogens with zero attached hydrogens (tertiary/aromatic N) is 2. The SMILES string of the molecule is CCCCCCCCCCCCCCCC(=O)NC(=O)CNC(O)c1nn(-c2ccc(Cl)cc2Cl)c(-c2ccc(Cl)cc2)c1C. The lowest BCUT2D eigenvalue weighted by atomic mass is 10.0. The number of rotatable bonds is 20. The van der Waals surface area contributed by atoms with E-state index in [9.17, 15) is 14.7 Å². The van der Waals surface area contributed by atoms with Gasteiger partial charge in [0.25, 0.3) is 0 Å². The highest BCUT2D eigenvalue weighted by molar-refractivity contribution is 6.35. The molecule has 1 unspecified atom stereocenters. The van der Waals surface area contributed by atoms with Gasteiger partial charge >= 0.3 is 0 Å². The number of carbonyl (C=O) groups is 2. The van der Waals surface area contributed by atoms with E-state index < -0.39 is 12.1 Å². The van der Waals surface area contributed by atoms with Gasteiger partial charge in [0.2, 0.25) is 11.8 Å². The maximum absolute atomic E-state index is 12.5. The van der Waals surface area contributed by atoms with Crippen molar-refractivity contribution in [2.75, 3.05) is 6.54 Å². The highest BCUT2D eigenvalue weighted by Crippen LogP contribution is 2.34. The lowest BCUT2D eigenvalue weighted by Gasteiger charge is -2.11. The number of aliphatic hydroxyl groups excluding tert-OH is 1. The van der Waals surface area contributed by atoms with E-state index in [4.69, 9.17) is 34.8 Å². The molecule has 0 spiro atoms. The van der Waals surface area contributed by atoms with Crippen LogP contribution in [0.2, 0.25) is 15.1 Å². The summed E-state index contributed by atoms with van der Waals surface area (Å²) in [7, 11) is 0. The van der Waals surface area contributed by atoms with Crippen LogP contribution in [0.5, 0.6) is 0 Å². The third-order valence-corrected chi connectivity index (χ3v) is 8.71. The van der Waals surface area contributed by atoms with Crippen LogP contribution in [0.1, 0.15) is 114 Å². The first-order valence-corrected chi connectivity index (χ1v) is 17.4. The molecule has 246 valence electrons. The minimum absolute atomic E-state index is 0.254. The van der Waals surface area contributed by atoms with Gasteiger partial charge in [0, 0.05) is 27.6 Å². The summed E-state index contributed by atoms with van der Waals surface area (Å²) >= 11 is 18.7. The number of carbonyl (C=O) groups excluding carboxylic acids is 2. The zero-order chi connectivity index (χ0) is 32.6. The largest absolute Gasteiger partial charge is 0.373 e. The third-order valence-electron chi connectivity index (χ3n) is 7.92. The first kappa shape index (κ1) is 37.0. The molecule has 3 N–H and O–H groups in total. The zero-order valence-electron chi connectivity index (χ0n) is 26.5. The van der Waals surface area contributed by atoms with Crippen molar-refractivity contribution in [3.05, 3.63) is 68.8 Å². The number of hydrogen-bond donors (Lipinski definition) is 3. The molecular weight excluding hydrogens is 631 g/mol. The summed E-state index contributed by atoms with van der Waals surface area (Å²) in [5.74, 6) is -0.813. The lowest BCUT2D eigenvalue weighted by Crippen LogP contribution is -2.39. The predicted octanol–water partition coefficient (Wildman–Crippen LogP) is 9.51. The van der Waals surface area contributed by atoms with Crippen LogP contribution in [0.3, 0.4) is 0 Å². The van der Waals surface area contributed by atoms with E-state index in [2.05, 4.69) is 22.7 Å².